The Balaban J connectivity index is 1.34. The van der Waals surface area contributed by atoms with E-state index in [0.29, 0.717) is 0 Å². The molecule has 0 bridgehead atoms. The highest BCUT2D eigenvalue weighted by atomic mass is 15.3. The van der Waals surface area contributed by atoms with Gasteiger partial charge in [0.05, 0.1) is 34.2 Å². The predicted molar refractivity (Wildman–Crippen MR) is 170 cm³/mol. The molecule has 5 heteroatoms. The first kappa shape index (κ1) is 25.4. The molecule has 0 aliphatic heterocycles. The summed E-state index contributed by atoms with van der Waals surface area (Å²) in [4.78, 5) is 5.08. The molecule has 202 valence electrons. The van der Waals surface area contributed by atoms with Crippen molar-refractivity contribution in [3.05, 3.63) is 151 Å². The van der Waals surface area contributed by atoms with Crippen LogP contribution in [0.4, 0.5) is 0 Å². The number of benzene rings is 4. The van der Waals surface area contributed by atoms with Gasteiger partial charge in [-0.25, -0.2) is 14.3 Å². The van der Waals surface area contributed by atoms with Crippen LogP contribution in [0.2, 0.25) is 0 Å². The summed E-state index contributed by atoms with van der Waals surface area (Å²) in [7, 11) is 0. The highest BCUT2D eigenvalue weighted by molar-refractivity contribution is 5.72. The lowest BCUT2D eigenvalue weighted by Gasteiger charge is -2.08. The molecule has 0 aliphatic rings. The summed E-state index contributed by atoms with van der Waals surface area (Å²) < 4.78 is 4.01. The fraction of sp³-hybridized carbons (Fsp3) is 0.0541. The summed E-state index contributed by atoms with van der Waals surface area (Å²) in [5.41, 5.74) is 11.8. The molecule has 0 amide bonds. The second kappa shape index (κ2) is 10.8. The number of hydrogen-bond acceptors (Lipinski definition) is 3. The lowest BCUT2D eigenvalue weighted by atomic mass is 10.1. The van der Waals surface area contributed by atoms with Gasteiger partial charge in [-0.1, -0.05) is 91.0 Å². The zero-order valence-corrected chi connectivity index (χ0v) is 23.5. The quantitative estimate of drug-likeness (QED) is 0.211. The zero-order chi connectivity index (χ0) is 28.5. The summed E-state index contributed by atoms with van der Waals surface area (Å²) in [5, 5.41) is 10.1. The molecular weight excluding hydrogens is 514 g/mol. The van der Waals surface area contributed by atoms with Crippen molar-refractivity contribution >= 4 is 0 Å². The van der Waals surface area contributed by atoms with Gasteiger partial charge in [0.2, 0.25) is 0 Å². The first-order valence-corrected chi connectivity index (χ1v) is 14.1. The van der Waals surface area contributed by atoms with Crippen LogP contribution in [0.5, 0.6) is 0 Å². The molecule has 3 aromatic heterocycles. The van der Waals surface area contributed by atoms with Crippen molar-refractivity contribution in [3.8, 4) is 56.7 Å². The van der Waals surface area contributed by atoms with Crippen LogP contribution in [0.15, 0.2) is 140 Å². The van der Waals surface area contributed by atoms with Crippen LogP contribution in [0.1, 0.15) is 11.1 Å². The van der Waals surface area contributed by atoms with Gasteiger partial charge in [0.15, 0.2) is 0 Å². The molecule has 0 spiro atoms. The molecule has 0 fully saturated rings. The molecule has 0 radical (unpaired) electrons. The molecular formula is C37H29N5. The Labute approximate surface area is 245 Å². The van der Waals surface area contributed by atoms with Gasteiger partial charge < -0.3 is 0 Å². The Hall–Kier alpha value is -5.55. The molecule has 42 heavy (non-hydrogen) atoms. The van der Waals surface area contributed by atoms with Crippen molar-refractivity contribution in [2.24, 2.45) is 0 Å². The summed E-state index contributed by atoms with van der Waals surface area (Å²) in [5.74, 6) is 0. The third-order valence-corrected chi connectivity index (χ3v) is 7.32. The average molecular weight is 544 g/mol. The van der Waals surface area contributed by atoms with E-state index < -0.39 is 0 Å². The van der Waals surface area contributed by atoms with E-state index in [1.165, 1.54) is 11.1 Å². The fourth-order valence-electron chi connectivity index (χ4n) is 5.27. The van der Waals surface area contributed by atoms with E-state index in [9.17, 15) is 0 Å². The van der Waals surface area contributed by atoms with E-state index in [-0.39, 0.29) is 0 Å². The highest BCUT2D eigenvalue weighted by Gasteiger charge is 2.17. The van der Waals surface area contributed by atoms with Crippen molar-refractivity contribution in [1.29, 1.82) is 0 Å². The first-order valence-electron chi connectivity index (χ1n) is 14.1. The molecule has 4 aromatic carbocycles. The van der Waals surface area contributed by atoms with Gasteiger partial charge in [-0.3, -0.25) is 0 Å². The van der Waals surface area contributed by atoms with Crippen LogP contribution in [-0.2, 0) is 0 Å². The van der Waals surface area contributed by atoms with E-state index in [2.05, 4.69) is 123 Å². The van der Waals surface area contributed by atoms with Crippen molar-refractivity contribution < 1.29 is 0 Å². The van der Waals surface area contributed by atoms with E-state index >= 15 is 0 Å². The molecule has 5 nitrogen and oxygen atoms in total. The molecule has 0 saturated carbocycles. The highest BCUT2D eigenvalue weighted by Crippen LogP contribution is 2.31. The third-order valence-electron chi connectivity index (χ3n) is 7.32. The van der Waals surface area contributed by atoms with Crippen molar-refractivity contribution in [2.45, 2.75) is 13.8 Å². The predicted octanol–water partition coefficient (Wildman–Crippen LogP) is 8.74. The zero-order valence-electron chi connectivity index (χ0n) is 23.5. The lowest BCUT2D eigenvalue weighted by molar-refractivity contribution is 0.885. The Bertz CT molecular complexity index is 1860. The van der Waals surface area contributed by atoms with Gasteiger partial charge in [-0.05, 0) is 73.5 Å². The number of rotatable bonds is 6. The topological polar surface area (TPSA) is 48.5 Å². The Morgan fingerprint density at radius 2 is 0.833 bits per heavy atom. The Morgan fingerprint density at radius 3 is 1.26 bits per heavy atom. The van der Waals surface area contributed by atoms with Gasteiger partial charge in [0, 0.05) is 11.1 Å². The second-order valence-corrected chi connectivity index (χ2v) is 10.5. The molecule has 0 aliphatic carbocycles. The lowest BCUT2D eigenvalue weighted by Crippen LogP contribution is -2.00. The van der Waals surface area contributed by atoms with E-state index in [0.717, 1.165) is 56.7 Å². The van der Waals surface area contributed by atoms with Gasteiger partial charge in [-0.2, -0.15) is 10.2 Å². The SMILES string of the molecule is Cc1cccc(-n2nc(-c3cccc(-c4cc(-c5ccccc5)n(-c5cccc(C)c5)n4)n3)cc2-c2ccccc2)c1. The van der Waals surface area contributed by atoms with Crippen LogP contribution < -0.4 is 0 Å². The number of aryl methyl sites for hydroxylation is 2. The van der Waals surface area contributed by atoms with Gasteiger partial charge >= 0.3 is 0 Å². The van der Waals surface area contributed by atoms with E-state index in [1.54, 1.807) is 0 Å². The van der Waals surface area contributed by atoms with Crippen LogP contribution in [0.25, 0.3) is 56.7 Å². The first-order chi connectivity index (χ1) is 20.6. The Morgan fingerprint density at radius 1 is 0.405 bits per heavy atom. The molecule has 0 unspecified atom stereocenters. The standard InChI is InChI=1S/C37H29N5/c1-26-12-9-18-30(22-26)41-36(28-14-5-3-6-15-28)24-34(39-41)32-20-11-21-33(38-32)35-25-37(29-16-7-4-8-17-29)42(40-35)31-19-10-13-27(2)23-31/h3-25H,1-2H3. The minimum atomic E-state index is 0.794. The van der Waals surface area contributed by atoms with Crippen LogP contribution in [0.3, 0.4) is 0 Å². The Kier molecular flexibility index (Phi) is 6.53. The molecule has 7 rings (SSSR count). The van der Waals surface area contributed by atoms with Crippen LogP contribution in [-0.4, -0.2) is 24.5 Å². The minimum absolute atomic E-state index is 0.794. The summed E-state index contributed by atoms with van der Waals surface area (Å²) >= 11 is 0. The molecule has 0 atom stereocenters. The monoisotopic (exact) mass is 543 g/mol. The largest absolute Gasteiger partial charge is 0.244 e. The second-order valence-electron chi connectivity index (χ2n) is 10.5. The normalized spacial score (nSPS) is 11.1. The fourth-order valence-corrected chi connectivity index (χ4v) is 5.27. The number of nitrogens with zero attached hydrogens (tertiary/aromatic N) is 5. The molecule has 0 saturated heterocycles. The minimum Gasteiger partial charge on any atom is -0.244 e. The van der Waals surface area contributed by atoms with Crippen molar-refractivity contribution in [2.75, 3.05) is 0 Å². The van der Waals surface area contributed by atoms with Crippen LogP contribution >= 0.6 is 0 Å². The molecule has 0 N–H and O–H groups in total. The number of aromatic nitrogens is 5. The molecule has 3 heterocycles. The van der Waals surface area contributed by atoms with E-state index in [1.807, 2.05) is 39.7 Å². The molecule has 7 aromatic rings. The summed E-state index contributed by atoms with van der Waals surface area (Å²) in [6.45, 7) is 4.20. The maximum atomic E-state index is 5.08. The summed E-state index contributed by atoms with van der Waals surface area (Å²) in [6, 6.07) is 47.8. The van der Waals surface area contributed by atoms with Crippen molar-refractivity contribution in [3.63, 3.8) is 0 Å². The van der Waals surface area contributed by atoms with Gasteiger partial charge in [0.1, 0.15) is 11.4 Å². The van der Waals surface area contributed by atoms with Crippen molar-refractivity contribution in [1.82, 2.24) is 24.5 Å². The third kappa shape index (κ3) is 4.93. The number of hydrogen-bond donors (Lipinski definition) is 0. The van der Waals surface area contributed by atoms with Gasteiger partial charge in [-0.15, -0.1) is 0 Å². The maximum absolute atomic E-state index is 5.08. The summed E-state index contributed by atoms with van der Waals surface area (Å²) in [6.07, 6.45) is 0. The average Bonchev–Trinajstić information content (AvgIpc) is 3.68. The van der Waals surface area contributed by atoms with E-state index in [4.69, 9.17) is 15.2 Å². The maximum Gasteiger partial charge on any atom is 0.112 e. The smallest absolute Gasteiger partial charge is 0.112 e. The van der Waals surface area contributed by atoms with Gasteiger partial charge in [0.25, 0.3) is 0 Å². The number of pyridine rings is 1. The van der Waals surface area contributed by atoms with Crippen LogP contribution in [0, 0.1) is 13.8 Å².